The summed E-state index contributed by atoms with van der Waals surface area (Å²) in [4.78, 5) is 22.7. The van der Waals surface area contributed by atoms with E-state index in [9.17, 15) is 13.8 Å². The Morgan fingerprint density at radius 1 is 1.32 bits per heavy atom. The number of hydrogen-bond donors (Lipinski definition) is 2. The third-order valence-corrected chi connectivity index (χ3v) is 5.58. The maximum absolute atomic E-state index is 12.2. The summed E-state index contributed by atoms with van der Waals surface area (Å²) in [7, 11) is -1.01. The molecule has 0 bridgehead atoms. The molecule has 3 atom stereocenters. The van der Waals surface area contributed by atoms with Gasteiger partial charge >= 0.3 is 5.97 Å². The van der Waals surface area contributed by atoms with E-state index in [0.717, 1.165) is 5.56 Å². The number of carboxylic acid groups (broad SMARTS) is 1. The molecule has 1 amide bonds. The van der Waals surface area contributed by atoms with Crippen LogP contribution in [-0.2, 0) is 26.1 Å². The molecule has 3 unspecified atom stereocenters. The molecule has 5 nitrogen and oxygen atoms in total. The summed E-state index contributed by atoms with van der Waals surface area (Å²) < 4.78 is 11.9. The largest absolute Gasteiger partial charge is 0.481 e. The van der Waals surface area contributed by atoms with Gasteiger partial charge in [0.05, 0.1) is 11.8 Å². The van der Waals surface area contributed by atoms with Crippen LogP contribution in [0.15, 0.2) is 24.3 Å². The van der Waals surface area contributed by atoms with Gasteiger partial charge in [0, 0.05) is 27.0 Å². The lowest BCUT2D eigenvalue weighted by molar-refractivity contribution is -0.139. The molecule has 1 aromatic carbocycles. The lowest BCUT2D eigenvalue weighted by Crippen LogP contribution is -2.23. The van der Waals surface area contributed by atoms with E-state index >= 15 is 0 Å². The lowest BCUT2D eigenvalue weighted by atomic mass is 10.2. The summed E-state index contributed by atoms with van der Waals surface area (Å²) in [5.74, 6) is -1.76. The van der Waals surface area contributed by atoms with Crippen LogP contribution in [0.5, 0.6) is 0 Å². The third-order valence-electron chi connectivity index (χ3n) is 3.62. The van der Waals surface area contributed by atoms with E-state index in [1.165, 1.54) is 0 Å². The van der Waals surface area contributed by atoms with Gasteiger partial charge in [-0.25, -0.2) is 0 Å². The summed E-state index contributed by atoms with van der Waals surface area (Å²) in [5, 5.41) is 11.6. The molecule has 0 aromatic heterocycles. The first-order chi connectivity index (χ1) is 10.2. The normalized spacial score (nSPS) is 22.0. The first-order valence-electron chi connectivity index (χ1n) is 7.19. The van der Waals surface area contributed by atoms with Gasteiger partial charge < -0.3 is 10.4 Å². The van der Waals surface area contributed by atoms with Crippen molar-refractivity contribution in [2.24, 2.45) is 11.8 Å². The zero-order valence-corrected chi connectivity index (χ0v) is 13.8. The van der Waals surface area contributed by atoms with Crippen molar-refractivity contribution in [3.8, 4) is 0 Å². The van der Waals surface area contributed by atoms with Crippen molar-refractivity contribution in [1.29, 1.82) is 0 Å². The average Bonchev–Trinajstić information content (AvgIpc) is 3.18. The molecule has 2 N–H and O–H groups in total. The monoisotopic (exact) mass is 323 g/mol. The van der Waals surface area contributed by atoms with Gasteiger partial charge in [-0.15, -0.1) is 0 Å². The van der Waals surface area contributed by atoms with Gasteiger partial charge in [-0.05, 0) is 44.9 Å². The Bertz CT molecular complexity index is 621. The molecule has 1 aliphatic rings. The maximum atomic E-state index is 12.2. The number of hydrogen-bond acceptors (Lipinski definition) is 3. The van der Waals surface area contributed by atoms with E-state index in [1.54, 1.807) is 18.2 Å². The first kappa shape index (κ1) is 16.7. The topological polar surface area (TPSA) is 83.5 Å². The molecular formula is C16H21NO4S. The van der Waals surface area contributed by atoms with Crippen molar-refractivity contribution < 1.29 is 18.9 Å². The van der Waals surface area contributed by atoms with Crippen molar-refractivity contribution in [3.63, 3.8) is 0 Å². The van der Waals surface area contributed by atoms with Crippen molar-refractivity contribution in [2.45, 2.75) is 37.7 Å². The van der Waals surface area contributed by atoms with Gasteiger partial charge in [0.15, 0.2) is 0 Å². The van der Waals surface area contributed by atoms with Crippen LogP contribution in [0.25, 0.3) is 0 Å². The quantitative estimate of drug-likeness (QED) is 0.871. The molecule has 2 rings (SSSR count). The van der Waals surface area contributed by atoms with Crippen LogP contribution in [0, 0.1) is 11.8 Å². The van der Waals surface area contributed by atoms with Gasteiger partial charge in [-0.1, -0.05) is 12.1 Å². The number of anilines is 1. The Morgan fingerprint density at radius 3 is 2.55 bits per heavy atom. The van der Waals surface area contributed by atoms with Crippen LogP contribution in [0.3, 0.4) is 0 Å². The van der Waals surface area contributed by atoms with E-state index < -0.39 is 28.6 Å². The predicted octanol–water partition coefficient (Wildman–Crippen LogP) is 2.39. The molecule has 1 saturated carbocycles. The van der Waals surface area contributed by atoms with E-state index in [2.05, 4.69) is 5.32 Å². The molecule has 0 heterocycles. The van der Waals surface area contributed by atoms with Crippen LogP contribution in [-0.4, -0.2) is 25.9 Å². The number of carbonyl (C=O) groups excluding carboxylic acids is 1. The predicted molar refractivity (Wildman–Crippen MR) is 85.9 cm³/mol. The summed E-state index contributed by atoms with van der Waals surface area (Å²) >= 11 is 0. The molecule has 1 aliphatic carbocycles. The number of carbonyl (C=O) groups is 2. The summed E-state index contributed by atoms with van der Waals surface area (Å²) in [6, 6.07) is 7.21. The Labute approximate surface area is 132 Å². The molecule has 0 radical (unpaired) electrons. The number of benzene rings is 1. The minimum Gasteiger partial charge on any atom is -0.481 e. The highest BCUT2D eigenvalue weighted by molar-refractivity contribution is 7.85. The molecule has 0 aliphatic heterocycles. The van der Waals surface area contributed by atoms with Crippen LogP contribution < -0.4 is 5.32 Å². The lowest BCUT2D eigenvalue weighted by Gasteiger charge is -2.18. The van der Waals surface area contributed by atoms with Crippen molar-refractivity contribution >= 4 is 28.4 Å². The molecule has 120 valence electrons. The van der Waals surface area contributed by atoms with Crippen molar-refractivity contribution in [1.82, 2.24) is 0 Å². The average molecular weight is 323 g/mol. The molecule has 22 heavy (non-hydrogen) atoms. The van der Waals surface area contributed by atoms with Gasteiger partial charge in [-0.2, -0.15) is 0 Å². The highest BCUT2D eigenvalue weighted by Gasteiger charge is 2.48. The van der Waals surface area contributed by atoms with Gasteiger partial charge in [0.2, 0.25) is 5.91 Å². The summed E-state index contributed by atoms with van der Waals surface area (Å²) in [5.41, 5.74) is 1.50. The van der Waals surface area contributed by atoms with Gasteiger partial charge in [0.1, 0.15) is 0 Å². The third kappa shape index (κ3) is 4.16. The number of nitrogens with one attached hydrogen (secondary N) is 1. The zero-order valence-electron chi connectivity index (χ0n) is 13.0. The molecule has 1 aromatic rings. The fourth-order valence-corrected chi connectivity index (χ4v) is 3.01. The van der Waals surface area contributed by atoms with E-state index in [0.29, 0.717) is 17.9 Å². The number of carboxylic acids is 1. The minimum absolute atomic E-state index is 0.263. The zero-order chi connectivity index (χ0) is 16.5. The number of rotatable bonds is 5. The molecule has 1 fully saturated rings. The fraction of sp³-hybridized carbons (Fsp3) is 0.500. The number of aliphatic carboxylic acids is 1. The highest BCUT2D eigenvalue weighted by atomic mass is 32.2. The SMILES string of the molecule is CC(C)(C)S(=O)Cc1cccc(NC(=O)C2CC2C(=O)O)c1. The van der Waals surface area contributed by atoms with Gasteiger partial charge in [0.25, 0.3) is 0 Å². The minimum atomic E-state index is -1.01. The van der Waals surface area contributed by atoms with Crippen LogP contribution in [0.4, 0.5) is 5.69 Å². The Balaban J connectivity index is 1.99. The second-order valence-electron chi connectivity index (χ2n) is 6.58. The molecular weight excluding hydrogens is 302 g/mol. The van der Waals surface area contributed by atoms with E-state index in [4.69, 9.17) is 5.11 Å². The number of amides is 1. The summed E-state index contributed by atoms with van der Waals surface area (Å²) in [6.45, 7) is 5.77. The fourth-order valence-electron chi connectivity index (χ4n) is 2.10. The second-order valence-corrected chi connectivity index (χ2v) is 8.78. The second kappa shape index (κ2) is 6.20. The highest BCUT2D eigenvalue weighted by Crippen LogP contribution is 2.39. The Kier molecular flexibility index (Phi) is 4.70. The summed E-state index contributed by atoms with van der Waals surface area (Å²) in [6.07, 6.45) is 0.398. The Morgan fingerprint density at radius 2 is 2.00 bits per heavy atom. The van der Waals surface area contributed by atoms with Crippen LogP contribution in [0.2, 0.25) is 0 Å². The van der Waals surface area contributed by atoms with Crippen LogP contribution >= 0.6 is 0 Å². The smallest absolute Gasteiger partial charge is 0.307 e. The molecule has 0 saturated heterocycles. The van der Waals surface area contributed by atoms with E-state index in [-0.39, 0.29) is 10.7 Å². The van der Waals surface area contributed by atoms with Gasteiger partial charge in [-0.3, -0.25) is 13.8 Å². The van der Waals surface area contributed by atoms with Crippen molar-refractivity contribution in [2.75, 3.05) is 5.32 Å². The maximum Gasteiger partial charge on any atom is 0.307 e. The van der Waals surface area contributed by atoms with Crippen molar-refractivity contribution in [3.05, 3.63) is 29.8 Å². The van der Waals surface area contributed by atoms with Crippen LogP contribution in [0.1, 0.15) is 32.8 Å². The van der Waals surface area contributed by atoms with E-state index in [1.807, 2.05) is 26.8 Å². The standard InChI is InChI=1S/C16H21NO4S/c1-16(2,3)22(21)9-10-5-4-6-11(7-10)17-14(18)12-8-13(12)15(19)20/h4-7,12-13H,8-9H2,1-3H3,(H,17,18)(H,19,20). The molecule has 6 heteroatoms. The first-order valence-corrected chi connectivity index (χ1v) is 8.51. The Hall–Kier alpha value is -1.69. The molecule has 0 spiro atoms.